The Bertz CT molecular complexity index is 589. The highest BCUT2D eigenvalue weighted by molar-refractivity contribution is 7.88. The van der Waals surface area contributed by atoms with Gasteiger partial charge in [-0.1, -0.05) is 19.1 Å². The lowest BCUT2D eigenvalue weighted by molar-refractivity contribution is 0.339. The normalized spacial score (nSPS) is 22.0. The molecule has 21 heavy (non-hydrogen) atoms. The molecule has 2 atom stereocenters. The minimum absolute atomic E-state index is 0.120. The highest BCUT2D eigenvalue weighted by atomic mass is 32.2. The Labute approximate surface area is 126 Å². The molecular weight excluding hydrogens is 291 g/mol. The maximum Gasteiger partial charge on any atom is 0.208 e. The third-order valence-corrected chi connectivity index (χ3v) is 4.72. The van der Waals surface area contributed by atoms with Crippen LogP contribution < -0.4 is 10.0 Å². The summed E-state index contributed by atoms with van der Waals surface area (Å²) < 4.78 is 38.3. The van der Waals surface area contributed by atoms with Crippen molar-refractivity contribution in [2.75, 3.05) is 19.3 Å². The van der Waals surface area contributed by atoms with E-state index in [1.54, 1.807) is 6.07 Å². The van der Waals surface area contributed by atoms with Gasteiger partial charge in [-0.15, -0.1) is 0 Å². The standard InChI is InChI=1S/C15H23FN2O2S/c1-11-7-8-12-13(5-3-6-14(12)16)15(11)17-9-4-10-18-21(2,19)20/h3,5-6,11,15,17-18H,4,7-10H2,1-2H3/t11-,15-/m0/s1. The lowest BCUT2D eigenvalue weighted by atomic mass is 9.80. The van der Waals surface area contributed by atoms with E-state index in [0.29, 0.717) is 25.4 Å². The Hall–Kier alpha value is -0.980. The first-order chi connectivity index (χ1) is 9.88. The summed E-state index contributed by atoms with van der Waals surface area (Å²) in [6, 6.07) is 5.40. The minimum Gasteiger partial charge on any atom is -0.310 e. The number of benzene rings is 1. The second-order valence-electron chi connectivity index (χ2n) is 5.78. The maximum atomic E-state index is 13.8. The van der Waals surface area contributed by atoms with Crippen LogP contribution in [0.4, 0.5) is 4.39 Å². The van der Waals surface area contributed by atoms with E-state index in [-0.39, 0.29) is 11.9 Å². The molecule has 0 radical (unpaired) electrons. The Morgan fingerprint density at radius 1 is 1.33 bits per heavy atom. The Kier molecular flexibility index (Phi) is 5.35. The molecule has 0 fully saturated rings. The molecule has 0 saturated heterocycles. The number of halogens is 1. The molecule has 0 amide bonds. The van der Waals surface area contributed by atoms with E-state index >= 15 is 0 Å². The number of hydrogen-bond acceptors (Lipinski definition) is 3. The van der Waals surface area contributed by atoms with Crippen LogP contribution in [0.5, 0.6) is 0 Å². The number of rotatable bonds is 6. The molecule has 1 aromatic carbocycles. The molecular formula is C15H23FN2O2S. The van der Waals surface area contributed by atoms with E-state index < -0.39 is 10.0 Å². The van der Waals surface area contributed by atoms with Crippen molar-refractivity contribution in [1.82, 2.24) is 10.0 Å². The summed E-state index contributed by atoms with van der Waals surface area (Å²) in [5, 5.41) is 3.44. The Morgan fingerprint density at radius 2 is 2.10 bits per heavy atom. The minimum atomic E-state index is -3.12. The van der Waals surface area contributed by atoms with Crippen LogP contribution in [-0.2, 0) is 16.4 Å². The fraction of sp³-hybridized carbons (Fsp3) is 0.600. The molecule has 2 N–H and O–H groups in total. The fourth-order valence-corrected chi connectivity index (χ4v) is 3.41. The summed E-state index contributed by atoms with van der Waals surface area (Å²) in [6.45, 7) is 3.29. The van der Waals surface area contributed by atoms with Crippen LogP contribution in [0.1, 0.15) is 36.9 Å². The number of nitrogens with one attached hydrogen (secondary N) is 2. The zero-order valence-corrected chi connectivity index (χ0v) is 13.3. The van der Waals surface area contributed by atoms with Gasteiger partial charge in [-0.2, -0.15) is 0 Å². The molecule has 1 aromatic rings. The van der Waals surface area contributed by atoms with Gasteiger partial charge in [0, 0.05) is 12.6 Å². The zero-order chi connectivity index (χ0) is 15.5. The van der Waals surface area contributed by atoms with Crippen LogP contribution in [-0.4, -0.2) is 27.8 Å². The third-order valence-electron chi connectivity index (χ3n) is 3.99. The van der Waals surface area contributed by atoms with Crippen molar-refractivity contribution in [3.8, 4) is 0 Å². The van der Waals surface area contributed by atoms with Crippen LogP contribution in [0.25, 0.3) is 0 Å². The zero-order valence-electron chi connectivity index (χ0n) is 12.5. The quantitative estimate of drug-likeness (QED) is 0.789. The molecule has 118 valence electrons. The largest absolute Gasteiger partial charge is 0.310 e. The van der Waals surface area contributed by atoms with E-state index in [1.165, 1.54) is 6.07 Å². The van der Waals surface area contributed by atoms with Crippen molar-refractivity contribution in [3.05, 3.63) is 35.1 Å². The second-order valence-corrected chi connectivity index (χ2v) is 7.61. The number of hydrogen-bond donors (Lipinski definition) is 2. The SMILES string of the molecule is C[C@H]1CCc2c(F)cccc2[C@H]1NCCCNS(C)(=O)=O. The summed E-state index contributed by atoms with van der Waals surface area (Å²) in [4.78, 5) is 0. The molecule has 0 spiro atoms. The van der Waals surface area contributed by atoms with Gasteiger partial charge in [-0.25, -0.2) is 17.5 Å². The molecule has 1 aliphatic carbocycles. The molecule has 0 aliphatic heterocycles. The summed E-state index contributed by atoms with van der Waals surface area (Å²) in [7, 11) is -3.12. The Morgan fingerprint density at radius 3 is 2.81 bits per heavy atom. The van der Waals surface area contributed by atoms with Crippen LogP contribution >= 0.6 is 0 Å². The first-order valence-electron chi connectivity index (χ1n) is 7.34. The van der Waals surface area contributed by atoms with Gasteiger partial charge in [0.15, 0.2) is 0 Å². The first kappa shape index (κ1) is 16.4. The van der Waals surface area contributed by atoms with Crippen LogP contribution in [0.2, 0.25) is 0 Å². The van der Waals surface area contributed by atoms with Crippen LogP contribution in [0, 0.1) is 11.7 Å². The van der Waals surface area contributed by atoms with Gasteiger partial charge < -0.3 is 5.32 Å². The summed E-state index contributed by atoms with van der Waals surface area (Å²) in [5.74, 6) is 0.326. The van der Waals surface area contributed by atoms with Crippen molar-refractivity contribution in [2.24, 2.45) is 5.92 Å². The smallest absolute Gasteiger partial charge is 0.208 e. The molecule has 1 aliphatic rings. The fourth-order valence-electron chi connectivity index (χ4n) is 2.89. The Balaban J connectivity index is 1.93. The third kappa shape index (κ3) is 4.49. The summed E-state index contributed by atoms with van der Waals surface area (Å²) in [6.07, 6.45) is 3.62. The van der Waals surface area contributed by atoms with Crippen LogP contribution in [0.15, 0.2) is 18.2 Å². The van der Waals surface area contributed by atoms with E-state index in [2.05, 4.69) is 17.0 Å². The van der Waals surface area contributed by atoms with Crippen molar-refractivity contribution in [1.29, 1.82) is 0 Å². The van der Waals surface area contributed by atoms with Crippen molar-refractivity contribution in [2.45, 2.75) is 32.2 Å². The molecule has 0 aromatic heterocycles. The first-order valence-corrected chi connectivity index (χ1v) is 9.23. The van der Waals surface area contributed by atoms with Gasteiger partial charge in [0.05, 0.1) is 6.26 Å². The highest BCUT2D eigenvalue weighted by Gasteiger charge is 2.27. The predicted molar refractivity (Wildman–Crippen MR) is 82.1 cm³/mol. The number of sulfonamides is 1. The van der Waals surface area contributed by atoms with Gasteiger partial charge >= 0.3 is 0 Å². The molecule has 0 unspecified atom stereocenters. The monoisotopic (exact) mass is 314 g/mol. The van der Waals surface area contributed by atoms with Gasteiger partial charge in [-0.3, -0.25) is 0 Å². The van der Waals surface area contributed by atoms with E-state index in [1.807, 2.05) is 6.07 Å². The van der Waals surface area contributed by atoms with E-state index in [0.717, 1.165) is 30.2 Å². The molecule has 0 bridgehead atoms. The predicted octanol–water partition coefficient (Wildman–Crippen LogP) is 1.98. The van der Waals surface area contributed by atoms with Crippen molar-refractivity contribution >= 4 is 10.0 Å². The van der Waals surface area contributed by atoms with Gasteiger partial charge in [0.25, 0.3) is 0 Å². The summed E-state index contributed by atoms with van der Waals surface area (Å²) >= 11 is 0. The molecule has 4 nitrogen and oxygen atoms in total. The van der Waals surface area contributed by atoms with Crippen molar-refractivity contribution in [3.63, 3.8) is 0 Å². The average Bonchev–Trinajstić information content (AvgIpc) is 2.39. The van der Waals surface area contributed by atoms with Gasteiger partial charge in [0.1, 0.15) is 5.82 Å². The topological polar surface area (TPSA) is 58.2 Å². The lowest BCUT2D eigenvalue weighted by Crippen LogP contribution is -2.33. The van der Waals surface area contributed by atoms with Crippen molar-refractivity contribution < 1.29 is 12.8 Å². The second kappa shape index (κ2) is 6.85. The van der Waals surface area contributed by atoms with Gasteiger partial charge in [-0.05, 0) is 48.9 Å². The lowest BCUT2D eigenvalue weighted by Gasteiger charge is -2.32. The number of fused-ring (bicyclic) bond motifs is 1. The molecule has 2 rings (SSSR count). The van der Waals surface area contributed by atoms with E-state index in [4.69, 9.17) is 0 Å². The molecule has 0 saturated carbocycles. The maximum absolute atomic E-state index is 13.8. The molecule has 0 heterocycles. The highest BCUT2D eigenvalue weighted by Crippen LogP contribution is 2.35. The summed E-state index contributed by atoms with van der Waals surface area (Å²) in [5.41, 5.74) is 1.87. The average molecular weight is 314 g/mol. The van der Waals surface area contributed by atoms with Crippen LogP contribution in [0.3, 0.4) is 0 Å². The van der Waals surface area contributed by atoms with E-state index in [9.17, 15) is 12.8 Å². The molecule has 6 heteroatoms. The van der Waals surface area contributed by atoms with Gasteiger partial charge in [0.2, 0.25) is 10.0 Å².